The first-order valence-electron chi connectivity index (χ1n) is 4.21. The van der Waals surface area contributed by atoms with E-state index < -0.39 is 4.92 Å². The van der Waals surface area contributed by atoms with Gasteiger partial charge in [-0.3, -0.25) is 14.9 Å². The number of benzene rings is 1. The van der Waals surface area contributed by atoms with Crippen molar-refractivity contribution in [3.8, 4) is 0 Å². The molecule has 0 N–H and O–H groups in total. The zero-order valence-electron chi connectivity index (χ0n) is 7.42. The Morgan fingerprint density at radius 1 is 1.33 bits per heavy atom. The average Bonchev–Trinajstić information content (AvgIpc) is 2.54. The predicted octanol–water partition coefficient (Wildman–Crippen LogP) is 3.03. The smallest absolute Gasteiger partial charge is 0.290 e. The summed E-state index contributed by atoms with van der Waals surface area (Å²) in [6.45, 7) is 0. The van der Waals surface area contributed by atoms with Crippen LogP contribution in [0, 0.1) is 10.1 Å². The second kappa shape index (κ2) is 3.47. The summed E-state index contributed by atoms with van der Waals surface area (Å²) < 4.78 is 0. The van der Waals surface area contributed by atoms with Crippen LogP contribution in [0.2, 0.25) is 10.0 Å². The summed E-state index contributed by atoms with van der Waals surface area (Å²) in [4.78, 5) is 21.4. The third kappa shape index (κ3) is 1.50. The molecule has 0 spiro atoms. The first-order valence-corrected chi connectivity index (χ1v) is 4.96. The van der Waals surface area contributed by atoms with Crippen molar-refractivity contribution in [3.63, 3.8) is 0 Å². The van der Waals surface area contributed by atoms with Gasteiger partial charge in [0, 0.05) is 18.1 Å². The monoisotopic (exact) mass is 245 g/mol. The van der Waals surface area contributed by atoms with Crippen LogP contribution in [0.4, 0.5) is 5.69 Å². The molecule has 0 saturated heterocycles. The van der Waals surface area contributed by atoms with Crippen molar-refractivity contribution in [3.05, 3.63) is 37.4 Å². The van der Waals surface area contributed by atoms with Crippen LogP contribution in [0.15, 0.2) is 6.07 Å². The lowest BCUT2D eigenvalue weighted by atomic mass is 10.1. The minimum atomic E-state index is -0.639. The summed E-state index contributed by atoms with van der Waals surface area (Å²) in [5, 5.41) is 10.8. The van der Waals surface area contributed by atoms with Crippen molar-refractivity contribution < 1.29 is 9.72 Å². The summed E-state index contributed by atoms with van der Waals surface area (Å²) >= 11 is 11.6. The van der Waals surface area contributed by atoms with Gasteiger partial charge in [-0.2, -0.15) is 0 Å². The third-order valence-corrected chi connectivity index (χ3v) is 3.10. The maximum atomic E-state index is 11.4. The minimum Gasteiger partial charge on any atom is -0.294 e. The largest absolute Gasteiger partial charge is 0.294 e. The molecule has 1 aliphatic carbocycles. The molecule has 0 radical (unpaired) electrons. The molecule has 0 aromatic heterocycles. The van der Waals surface area contributed by atoms with E-state index in [0.717, 1.165) is 0 Å². The molecule has 0 fully saturated rings. The van der Waals surface area contributed by atoms with Gasteiger partial charge in [-0.25, -0.2) is 0 Å². The summed E-state index contributed by atoms with van der Waals surface area (Å²) in [5.41, 5.74) is 0.531. The topological polar surface area (TPSA) is 60.2 Å². The zero-order chi connectivity index (χ0) is 11.2. The predicted molar refractivity (Wildman–Crippen MR) is 55.8 cm³/mol. The molecule has 0 amide bonds. The van der Waals surface area contributed by atoms with Gasteiger partial charge in [0.25, 0.3) is 5.69 Å². The summed E-state index contributed by atoms with van der Waals surface area (Å²) in [6, 6.07) is 1.20. The lowest BCUT2D eigenvalue weighted by Gasteiger charge is -2.03. The van der Waals surface area contributed by atoms with Gasteiger partial charge < -0.3 is 0 Å². The highest BCUT2D eigenvalue weighted by Crippen LogP contribution is 2.39. The van der Waals surface area contributed by atoms with E-state index in [1.165, 1.54) is 6.07 Å². The van der Waals surface area contributed by atoms with E-state index in [0.29, 0.717) is 18.4 Å². The molecule has 1 aromatic carbocycles. The first-order chi connectivity index (χ1) is 7.02. The molecule has 2 rings (SSSR count). The third-order valence-electron chi connectivity index (χ3n) is 2.38. The van der Waals surface area contributed by atoms with E-state index in [2.05, 4.69) is 0 Å². The molecule has 0 atom stereocenters. The van der Waals surface area contributed by atoms with Crippen molar-refractivity contribution >= 4 is 34.7 Å². The van der Waals surface area contributed by atoms with Gasteiger partial charge in [0.15, 0.2) is 5.78 Å². The number of fused-ring (bicyclic) bond motifs is 1. The Kier molecular flexibility index (Phi) is 2.40. The SMILES string of the molecule is O=C1CCc2c(Cl)cc([N+](=O)[O-])c(Cl)c21. The molecule has 1 aromatic rings. The van der Waals surface area contributed by atoms with Crippen LogP contribution in [0.25, 0.3) is 0 Å². The van der Waals surface area contributed by atoms with Crippen LogP contribution in [0.3, 0.4) is 0 Å². The number of rotatable bonds is 1. The Labute approximate surface area is 94.9 Å². The van der Waals surface area contributed by atoms with E-state index in [1.807, 2.05) is 0 Å². The molecule has 0 aliphatic heterocycles. The lowest BCUT2D eigenvalue weighted by molar-refractivity contribution is -0.384. The maximum Gasteiger partial charge on any atom is 0.290 e. The number of nitrogens with zero attached hydrogens (tertiary/aromatic N) is 1. The highest BCUT2D eigenvalue weighted by Gasteiger charge is 2.30. The molecule has 1 aliphatic rings. The highest BCUT2D eigenvalue weighted by atomic mass is 35.5. The Morgan fingerprint density at radius 3 is 2.60 bits per heavy atom. The summed E-state index contributed by atoms with van der Waals surface area (Å²) in [7, 11) is 0. The highest BCUT2D eigenvalue weighted by molar-refractivity contribution is 6.39. The molecule has 0 saturated carbocycles. The fraction of sp³-hybridized carbons (Fsp3) is 0.222. The molecule has 4 nitrogen and oxygen atoms in total. The Morgan fingerprint density at radius 2 is 2.00 bits per heavy atom. The van der Waals surface area contributed by atoms with Crippen molar-refractivity contribution in [1.82, 2.24) is 0 Å². The number of nitro benzene ring substituents is 1. The quantitative estimate of drug-likeness (QED) is 0.565. The fourth-order valence-electron chi connectivity index (χ4n) is 1.68. The van der Waals surface area contributed by atoms with Crippen molar-refractivity contribution in [2.24, 2.45) is 0 Å². The number of carbonyl (C=O) groups excluding carboxylic acids is 1. The van der Waals surface area contributed by atoms with Crippen LogP contribution in [0.5, 0.6) is 0 Å². The molecule has 0 heterocycles. The standard InChI is InChI=1S/C9H5Cl2NO3/c10-5-3-6(12(14)15)9(11)8-4(5)1-2-7(8)13/h3H,1-2H2. The maximum absolute atomic E-state index is 11.4. The van der Waals surface area contributed by atoms with E-state index in [-0.39, 0.29) is 27.1 Å². The lowest BCUT2D eigenvalue weighted by Crippen LogP contribution is -1.98. The second-order valence-electron chi connectivity index (χ2n) is 3.23. The zero-order valence-corrected chi connectivity index (χ0v) is 8.93. The normalized spacial score (nSPS) is 14.1. The first kappa shape index (κ1) is 10.4. The van der Waals surface area contributed by atoms with E-state index in [1.54, 1.807) is 0 Å². The molecule has 0 unspecified atom stereocenters. The van der Waals surface area contributed by atoms with Gasteiger partial charge in [0.2, 0.25) is 0 Å². The number of Topliss-reactive ketones (excluding diaryl/α,β-unsaturated/α-hetero) is 1. The number of halogens is 2. The van der Waals surface area contributed by atoms with Gasteiger partial charge in [-0.05, 0) is 12.0 Å². The van der Waals surface area contributed by atoms with Crippen LogP contribution >= 0.6 is 23.2 Å². The van der Waals surface area contributed by atoms with Gasteiger partial charge in [-0.1, -0.05) is 23.2 Å². The van der Waals surface area contributed by atoms with Gasteiger partial charge in [0.05, 0.1) is 9.95 Å². The van der Waals surface area contributed by atoms with Crippen molar-refractivity contribution in [2.75, 3.05) is 0 Å². The molecule has 0 bridgehead atoms. The fourth-order valence-corrected chi connectivity index (χ4v) is 2.32. The van der Waals surface area contributed by atoms with Crippen molar-refractivity contribution in [1.29, 1.82) is 0 Å². The van der Waals surface area contributed by atoms with Gasteiger partial charge in [-0.15, -0.1) is 0 Å². The summed E-state index contributed by atoms with van der Waals surface area (Å²) in [5.74, 6) is -0.180. The molecule has 78 valence electrons. The van der Waals surface area contributed by atoms with Gasteiger partial charge in [0.1, 0.15) is 5.02 Å². The number of nitro groups is 1. The number of hydrogen-bond acceptors (Lipinski definition) is 3. The number of carbonyl (C=O) groups is 1. The van der Waals surface area contributed by atoms with Crippen LogP contribution in [-0.2, 0) is 6.42 Å². The molecular formula is C9H5Cl2NO3. The molecule has 15 heavy (non-hydrogen) atoms. The minimum absolute atomic E-state index is 0.0955. The Hall–Kier alpha value is -1.13. The summed E-state index contributed by atoms with van der Waals surface area (Å²) in [6.07, 6.45) is 0.820. The van der Waals surface area contributed by atoms with Crippen LogP contribution < -0.4 is 0 Å². The van der Waals surface area contributed by atoms with Crippen LogP contribution in [0.1, 0.15) is 22.3 Å². The molecule has 6 heteroatoms. The van der Waals surface area contributed by atoms with Crippen molar-refractivity contribution in [2.45, 2.75) is 12.8 Å². The van der Waals surface area contributed by atoms with E-state index in [4.69, 9.17) is 23.2 Å². The molecular weight excluding hydrogens is 241 g/mol. The Balaban J connectivity index is 2.76. The average molecular weight is 246 g/mol. The van der Waals surface area contributed by atoms with E-state index in [9.17, 15) is 14.9 Å². The number of hydrogen-bond donors (Lipinski definition) is 0. The van der Waals surface area contributed by atoms with E-state index >= 15 is 0 Å². The van der Waals surface area contributed by atoms with Gasteiger partial charge >= 0.3 is 0 Å². The number of ketones is 1. The Bertz CT molecular complexity index is 485. The second-order valence-corrected chi connectivity index (χ2v) is 4.01. The van der Waals surface area contributed by atoms with Crippen LogP contribution in [-0.4, -0.2) is 10.7 Å².